The first-order chi connectivity index (χ1) is 26.8. The summed E-state index contributed by atoms with van der Waals surface area (Å²) in [6.45, 7) is 15.5. The van der Waals surface area contributed by atoms with E-state index in [4.69, 9.17) is 0 Å². The Kier molecular flexibility index (Phi) is 12.1. The molecule has 4 aromatic carbocycles. The SMILES string of the molecule is CCCCCN1/C(=C/C=C2C(S(=O)(=O)c3ccccc3)=C(/C=C/C3=[N+](CCCCC)c4ccc(I)cc4C3(C)C)c3ccccc3/2)C(C)(C)c2cc(I)ccc21. The lowest BCUT2D eigenvalue weighted by Gasteiger charge is -2.27. The van der Waals surface area contributed by atoms with Crippen LogP contribution in [0.2, 0.25) is 0 Å². The van der Waals surface area contributed by atoms with Gasteiger partial charge >= 0.3 is 0 Å². The van der Waals surface area contributed by atoms with E-state index in [1.54, 1.807) is 12.1 Å². The molecule has 290 valence electrons. The molecular weight excluding hydrogens is 934 g/mol. The third-order valence-electron chi connectivity index (χ3n) is 11.8. The number of sulfone groups is 1. The number of rotatable bonds is 13. The van der Waals surface area contributed by atoms with Crippen molar-refractivity contribution in [3.8, 4) is 0 Å². The number of nitrogens with zero attached hydrogens (tertiary/aromatic N) is 2. The number of hydrogen-bond donors (Lipinski definition) is 0. The van der Waals surface area contributed by atoms with Gasteiger partial charge in [-0.2, -0.15) is 4.58 Å². The molecule has 0 spiro atoms. The van der Waals surface area contributed by atoms with Gasteiger partial charge in [0.1, 0.15) is 6.54 Å². The molecule has 0 saturated heterocycles. The Morgan fingerprint density at radius 1 is 0.696 bits per heavy atom. The maximum Gasteiger partial charge on any atom is 0.209 e. The van der Waals surface area contributed by atoms with Crippen molar-refractivity contribution in [2.24, 2.45) is 0 Å². The van der Waals surface area contributed by atoms with Crippen molar-refractivity contribution >= 4 is 83.3 Å². The van der Waals surface area contributed by atoms with Crippen LogP contribution in [-0.2, 0) is 20.7 Å². The molecule has 7 heteroatoms. The minimum Gasteiger partial charge on any atom is -0.344 e. The number of benzene rings is 4. The van der Waals surface area contributed by atoms with Crippen LogP contribution in [0.3, 0.4) is 0 Å². The van der Waals surface area contributed by atoms with E-state index in [1.807, 2.05) is 30.3 Å². The molecule has 3 aliphatic rings. The molecule has 0 fully saturated rings. The number of allylic oxidation sites excluding steroid dienone is 7. The third-order valence-corrected chi connectivity index (χ3v) is 15.0. The van der Waals surface area contributed by atoms with E-state index in [-0.39, 0.29) is 10.8 Å². The van der Waals surface area contributed by atoms with Crippen LogP contribution < -0.4 is 4.90 Å². The Balaban J connectivity index is 1.44. The van der Waals surface area contributed by atoms with E-state index >= 15 is 8.42 Å². The Bertz CT molecular complexity index is 2430. The van der Waals surface area contributed by atoms with Crippen molar-refractivity contribution in [1.82, 2.24) is 0 Å². The zero-order valence-electron chi connectivity index (χ0n) is 33.5. The highest BCUT2D eigenvalue weighted by molar-refractivity contribution is 14.1. The molecule has 0 bridgehead atoms. The van der Waals surface area contributed by atoms with E-state index < -0.39 is 9.84 Å². The van der Waals surface area contributed by atoms with Crippen molar-refractivity contribution < 1.29 is 13.0 Å². The van der Waals surface area contributed by atoms with Crippen molar-refractivity contribution in [2.45, 2.75) is 95.8 Å². The second-order valence-electron chi connectivity index (χ2n) is 16.2. The Labute approximate surface area is 362 Å². The summed E-state index contributed by atoms with van der Waals surface area (Å²) in [7, 11) is -3.94. The molecule has 1 aliphatic carbocycles. The van der Waals surface area contributed by atoms with Crippen LogP contribution >= 0.6 is 45.2 Å². The molecule has 7 rings (SSSR count). The summed E-state index contributed by atoms with van der Waals surface area (Å²) in [5.74, 6) is 0. The summed E-state index contributed by atoms with van der Waals surface area (Å²) < 4.78 is 35.1. The lowest BCUT2D eigenvalue weighted by Crippen LogP contribution is -2.28. The first-order valence-corrected chi connectivity index (χ1v) is 23.7. The van der Waals surface area contributed by atoms with E-state index in [0.29, 0.717) is 9.80 Å². The molecule has 4 aromatic rings. The molecule has 0 amide bonds. The molecule has 0 atom stereocenters. The highest BCUT2D eigenvalue weighted by Crippen LogP contribution is 2.51. The summed E-state index contributed by atoms with van der Waals surface area (Å²) in [5.41, 5.74) is 10.3. The zero-order chi connectivity index (χ0) is 39.8. The normalized spacial score (nSPS) is 18.5. The minimum absolute atomic E-state index is 0.262. The van der Waals surface area contributed by atoms with Crippen LogP contribution in [0.4, 0.5) is 11.4 Å². The fourth-order valence-corrected chi connectivity index (χ4v) is 11.5. The molecule has 0 N–H and O–H groups in total. The molecule has 0 unspecified atom stereocenters. The maximum atomic E-state index is 15.1. The molecule has 56 heavy (non-hydrogen) atoms. The minimum atomic E-state index is -3.94. The molecule has 2 heterocycles. The standard InChI is InChI=1S/C49H53I2N2O2S/c1-7-9-16-30-52-43-26-22-34(50)32-41(43)48(3,4)45(52)28-24-39-37-20-14-15-21-38(37)40(47(39)56(54,55)36-18-12-11-13-19-36)25-29-46-49(5,6)42-33-35(51)23-27-44(42)53(46)31-17-10-8-2/h11-15,18-29,32-33H,7-10,16-17,30-31H2,1-6H3/q+1. The molecule has 0 saturated carbocycles. The van der Waals surface area contributed by atoms with Gasteiger partial charge < -0.3 is 4.90 Å². The molecule has 0 aromatic heterocycles. The summed E-state index contributed by atoms with van der Waals surface area (Å²) >= 11 is 4.82. The average Bonchev–Trinajstić information content (AvgIpc) is 3.69. The fraction of sp³-hybridized carbons (Fsp3) is 0.327. The van der Waals surface area contributed by atoms with E-state index in [9.17, 15) is 0 Å². The predicted octanol–water partition coefficient (Wildman–Crippen LogP) is 13.2. The van der Waals surface area contributed by atoms with Gasteiger partial charge in [-0.05, 0) is 143 Å². The molecule has 0 radical (unpaired) electrons. The first kappa shape index (κ1) is 40.9. The van der Waals surface area contributed by atoms with E-state index in [2.05, 4.69) is 169 Å². The summed E-state index contributed by atoms with van der Waals surface area (Å²) in [5, 5.41) is 0. The Morgan fingerprint density at radius 3 is 2.05 bits per heavy atom. The van der Waals surface area contributed by atoms with E-state index in [0.717, 1.165) is 73.9 Å². The quantitative estimate of drug-likeness (QED) is 0.0761. The number of anilines is 1. The fourth-order valence-electron chi connectivity index (χ4n) is 8.82. The van der Waals surface area contributed by atoms with E-state index in [1.165, 1.54) is 41.1 Å². The number of hydrogen-bond acceptors (Lipinski definition) is 3. The van der Waals surface area contributed by atoms with Gasteiger partial charge in [0.2, 0.25) is 15.5 Å². The first-order valence-electron chi connectivity index (χ1n) is 20.1. The van der Waals surface area contributed by atoms with Crippen molar-refractivity contribution in [1.29, 1.82) is 0 Å². The van der Waals surface area contributed by atoms with Crippen molar-refractivity contribution in [3.63, 3.8) is 0 Å². The van der Waals surface area contributed by atoms with Crippen LogP contribution in [0.1, 0.15) is 102 Å². The van der Waals surface area contributed by atoms with Gasteiger partial charge in [-0.25, -0.2) is 8.42 Å². The highest BCUT2D eigenvalue weighted by atomic mass is 127. The van der Waals surface area contributed by atoms with Gasteiger partial charge in [0.25, 0.3) is 0 Å². The lowest BCUT2D eigenvalue weighted by atomic mass is 9.81. The van der Waals surface area contributed by atoms with Gasteiger partial charge in [0.15, 0.2) is 5.71 Å². The molecule has 4 nitrogen and oxygen atoms in total. The van der Waals surface area contributed by atoms with Crippen LogP contribution in [0.25, 0.3) is 11.1 Å². The smallest absolute Gasteiger partial charge is 0.209 e. The second-order valence-corrected chi connectivity index (χ2v) is 20.6. The number of halogens is 2. The molecular formula is C49H53I2N2O2S+. The lowest BCUT2D eigenvalue weighted by molar-refractivity contribution is -0.438. The van der Waals surface area contributed by atoms with Gasteiger partial charge in [0.05, 0.1) is 15.2 Å². The van der Waals surface area contributed by atoms with Gasteiger partial charge in [-0.15, -0.1) is 0 Å². The highest BCUT2D eigenvalue weighted by Gasteiger charge is 2.45. The summed E-state index contributed by atoms with van der Waals surface area (Å²) in [6, 6.07) is 30.7. The second kappa shape index (κ2) is 16.5. The zero-order valence-corrected chi connectivity index (χ0v) is 38.6. The predicted molar refractivity (Wildman–Crippen MR) is 253 cm³/mol. The van der Waals surface area contributed by atoms with Crippen LogP contribution in [0.5, 0.6) is 0 Å². The van der Waals surface area contributed by atoms with Crippen LogP contribution in [0, 0.1) is 7.14 Å². The molecule has 2 aliphatic heterocycles. The summed E-state index contributed by atoms with van der Waals surface area (Å²) in [6.07, 6.45) is 15.4. The van der Waals surface area contributed by atoms with Gasteiger partial charge in [0, 0.05) is 65.8 Å². The monoisotopic (exact) mass is 987 g/mol. The van der Waals surface area contributed by atoms with Gasteiger partial charge in [-0.1, -0.05) is 95.5 Å². The van der Waals surface area contributed by atoms with Crippen LogP contribution in [-0.4, -0.2) is 31.8 Å². The average molecular weight is 988 g/mol. The largest absolute Gasteiger partial charge is 0.344 e. The van der Waals surface area contributed by atoms with Gasteiger partial charge in [-0.3, -0.25) is 0 Å². The topological polar surface area (TPSA) is 40.4 Å². The van der Waals surface area contributed by atoms with Crippen LogP contribution in [0.15, 0.2) is 131 Å². The van der Waals surface area contributed by atoms with Crippen molar-refractivity contribution in [2.75, 3.05) is 18.0 Å². The summed E-state index contributed by atoms with van der Waals surface area (Å²) in [4.78, 5) is 3.13. The Morgan fingerprint density at radius 2 is 1.34 bits per heavy atom. The third kappa shape index (κ3) is 7.45. The Hall–Kier alpha value is -3.28. The maximum absolute atomic E-state index is 15.1. The van der Waals surface area contributed by atoms with Crippen molar-refractivity contribution in [3.05, 3.63) is 155 Å². The number of unbranched alkanes of at least 4 members (excludes halogenated alkanes) is 4. The number of fused-ring (bicyclic) bond motifs is 3.